The molecule has 4 heterocycles. The summed E-state index contributed by atoms with van der Waals surface area (Å²) in [4.78, 5) is 25.5. The Balaban J connectivity index is 0.000000206. The smallest absolute Gasteiger partial charge is 0.356 e. The second-order valence-corrected chi connectivity index (χ2v) is 10.4. The van der Waals surface area contributed by atoms with Crippen LogP contribution in [0.25, 0.3) is 0 Å². The predicted molar refractivity (Wildman–Crippen MR) is 142 cm³/mol. The molecule has 2 aliphatic heterocycles. The van der Waals surface area contributed by atoms with Gasteiger partial charge in [-0.2, -0.15) is 10.2 Å². The molecule has 0 amide bonds. The number of piperidine rings is 2. The monoisotopic (exact) mass is 556 g/mol. The molecule has 1 N–H and O–H groups in total. The highest BCUT2D eigenvalue weighted by Crippen LogP contribution is 2.22. The summed E-state index contributed by atoms with van der Waals surface area (Å²) >= 11 is 11.7. The molecule has 0 bridgehead atoms. The van der Waals surface area contributed by atoms with E-state index in [4.69, 9.17) is 32.7 Å². The van der Waals surface area contributed by atoms with Crippen molar-refractivity contribution < 1.29 is 19.1 Å². The number of aromatic nitrogens is 4. The van der Waals surface area contributed by atoms with Crippen LogP contribution in [0.4, 0.5) is 0 Å². The molecule has 0 aromatic carbocycles. The predicted octanol–water partition coefficient (Wildman–Crippen LogP) is 3.77. The average Bonchev–Trinajstić information content (AvgIpc) is 3.48. The molecule has 2 aromatic heterocycles. The van der Waals surface area contributed by atoms with Crippen LogP contribution in [0.15, 0.2) is 12.1 Å². The summed E-state index contributed by atoms with van der Waals surface area (Å²) in [6.07, 6.45) is 6.82. The number of nitrogens with zero attached hydrogens (tertiary/aromatic N) is 5. The van der Waals surface area contributed by atoms with Gasteiger partial charge in [0.1, 0.15) is 11.4 Å². The van der Waals surface area contributed by atoms with E-state index < -0.39 is 0 Å². The first-order valence-corrected chi connectivity index (χ1v) is 13.6. The van der Waals surface area contributed by atoms with Gasteiger partial charge in [-0.15, -0.1) is 0 Å². The maximum absolute atomic E-state index is 11.6. The van der Waals surface area contributed by atoms with Crippen LogP contribution in [0.1, 0.15) is 59.5 Å². The van der Waals surface area contributed by atoms with Gasteiger partial charge in [0.15, 0.2) is 10.3 Å². The first-order chi connectivity index (χ1) is 17.8. The number of nitrogens with one attached hydrogen (secondary N) is 1. The number of ether oxygens (including phenoxy) is 2. The number of halogens is 2. The third kappa shape index (κ3) is 8.98. The van der Waals surface area contributed by atoms with E-state index in [0.717, 1.165) is 39.0 Å². The Hall–Kier alpha value is -2.14. The number of hydrogen-bond acceptors (Lipinski definition) is 8. The van der Waals surface area contributed by atoms with Gasteiger partial charge in [-0.3, -0.25) is 9.36 Å². The lowest BCUT2D eigenvalue weighted by Gasteiger charge is -2.28. The summed E-state index contributed by atoms with van der Waals surface area (Å²) in [6, 6.07) is 3.11. The molecule has 0 saturated carbocycles. The Morgan fingerprint density at radius 3 is 1.73 bits per heavy atom. The van der Waals surface area contributed by atoms with E-state index in [1.165, 1.54) is 39.9 Å². The SMILES string of the molecule is COC(=O)c1cc(Cl)nn1CCC1CCN(C)CC1.COC(=O)c1cc(Cl)nn1CCC1CCNCC1. The fourth-order valence-corrected chi connectivity index (χ4v) is 5.17. The Morgan fingerprint density at radius 1 is 0.865 bits per heavy atom. The van der Waals surface area contributed by atoms with Crippen LogP contribution in [0, 0.1) is 11.8 Å². The standard InChI is InChI=1S/C13H20ClN3O2.C12H18ClN3O2/c1-16-6-3-10(4-7-16)5-8-17-11(13(18)19-2)9-12(14)15-17;1-18-12(17)10-8-11(13)15-16(10)7-4-9-2-5-14-6-3-9/h9-10H,3-8H2,1-2H3;8-9,14H,2-7H2,1H3. The molecule has 0 spiro atoms. The maximum atomic E-state index is 11.6. The largest absolute Gasteiger partial charge is 0.464 e. The van der Waals surface area contributed by atoms with E-state index in [1.807, 2.05) is 0 Å². The minimum Gasteiger partial charge on any atom is -0.464 e. The number of carbonyl (C=O) groups is 2. The molecule has 2 aliphatic rings. The van der Waals surface area contributed by atoms with E-state index in [0.29, 0.717) is 46.6 Å². The minimum absolute atomic E-state index is 0.334. The van der Waals surface area contributed by atoms with Crippen molar-refractivity contribution in [2.75, 3.05) is 47.4 Å². The summed E-state index contributed by atoms with van der Waals surface area (Å²) < 4.78 is 12.8. The molecule has 2 saturated heterocycles. The first-order valence-electron chi connectivity index (χ1n) is 12.8. The number of methoxy groups -OCH3 is 2. The van der Waals surface area contributed by atoms with Crippen molar-refractivity contribution in [3.8, 4) is 0 Å². The van der Waals surface area contributed by atoms with Gasteiger partial charge < -0.3 is 19.7 Å². The Labute approximate surface area is 228 Å². The van der Waals surface area contributed by atoms with Crippen molar-refractivity contribution in [1.29, 1.82) is 0 Å². The molecule has 2 aromatic rings. The number of carbonyl (C=O) groups excluding carboxylic acids is 2. The molecular formula is C25H38Cl2N6O4. The number of esters is 2. The van der Waals surface area contributed by atoms with Crippen molar-refractivity contribution in [3.63, 3.8) is 0 Å². The van der Waals surface area contributed by atoms with Crippen molar-refractivity contribution in [1.82, 2.24) is 29.8 Å². The molecule has 0 radical (unpaired) electrons. The zero-order chi connectivity index (χ0) is 26.8. The third-order valence-corrected chi connectivity index (χ3v) is 7.45. The normalized spacial score (nSPS) is 17.2. The molecule has 4 rings (SSSR count). The molecule has 0 aliphatic carbocycles. The van der Waals surface area contributed by atoms with Crippen molar-refractivity contribution in [3.05, 3.63) is 33.8 Å². The quantitative estimate of drug-likeness (QED) is 0.490. The fraction of sp³-hybridized carbons (Fsp3) is 0.680. The van der Waals surface area contributed by atoms with Gasteiger partial charge in [-0.1, -0.05) is 23.2 Å². The summed E-state index contributed by atoms with van der Waals surface area (Å²) in [5.41, 5.74) is 0.858. The molecule has 206 valence electrons. The van der Waals surface area contributed by atoms with E-state index in [2.05, 4.69) is 27.5 Å². The summed E-state index contributed by atoms with van der Waals surface area (Å²) in [6.45, 7) is 5.87. The molecule has 37 heavy (non-hydrogen) atoms. The number of aryl methyl sites for hydroxylation is 2. The number of likely N-dealkylation sites (tertiary alicyclic amines) is 1. The topological polar surface area (TPSA) is 104 Å². The zero-order valence-corrected chi connectivity index (χ0v) is 23.4. The average molecular weight is 558 g/mol. The minimum atomic E-state index is -0.389. The first kappa shape index (κ1) is 29.4. The van der Waals surface area contributed by atoms with Gasteiger partial charge in [0.2, 0.25) is 0 Å². The lowest BCUT2D eigenvalue weighted by molar-refractivity contribution is 0.0576. The van der Waals surface area contributed by atoms with E-state index in [-0.39, 0.29) is 11.9 Å². The van der Waals surface area contributed by atoms with E-state index in [1.54, 1.807) is 21.5 Å². The van der Waals surface area contributed by atoms with Crippen LogP contribution < -0.4 is 5.32 Å². The molecule has 10 nitrogen and oxygen atoms in total. The van der Waals surface area contributed by atoms with Gasteiger partial charge in [0.25, 0.3) is 0 Å². The second-order valence-electron chi connectivity index (χ2n) is 9.65. The van der Waals surface area contributed by atoms with Crippen molar-refractivity contribution in [2.24, 2.45) is 11.8 Å². The molecule has 2 fully saturated rings. The molecule has 12 heteroatoms. The van der Waals surface area contributed by atoms with E-state index in [9.17, 15) is 9.59 Å². The third-order valence-electron chi connectivity index (χ3n) is 7.08. The van der Waals surface area contributed by atoms with Gasteiger partial charge in [0.05, 0.1) is 14.2 Å². The highest BCUT2D eigenvalue weighted by molar-refractivity contribution is 6.30. The summed E-state index contributed by atoms with van der Waals surface area (Å²) in [7, 11) is 4.88. The van der Waals surface area contributed by atoms with Crippen LogP contribution in [0.5, 0.6) is 0 Å². The van der Waals surface area contributed by atoms with Crippen LogP contribution in [0.2, 0.25) is 10.3 Å². The van der Waals surface area contributed by atoms with Crippen LogP contribution in [-0.2, 0) is 22.6 Å². The van der Waals surface area contributed by atoms with Crippen LogP contribution in [0.3, 0.4) is 0 Å². The lowest BCUT2D eigenvalue weighted by atomic mass is 9.94. The second kappa shape index (κ2) is 14.7. The maximum Gasteiger partial charge on any atom is 0.356 e. The highest BCUT2D eigenvalue weighted by Gasteiger charge is 2.20. The van der Waals surface area contributed by atoms with Crippen LogP contribution >= 0.6 is 23.2 Å². The summed E-state index contributed by atoms with van der Waals surface area (Å²) in [5.74, 6) is 0.617. The number of hydrogen-bond donors (Lipinski definition) is 1. The Kier molecular flexibility index (Phi) is 11.7. The van der Waals surface area contributed by atoms with Crippen molar-refractivity contribution in [2.45, 2.75) is 51.6 Å². The van der Waals surface area contributed by atoms with Gasteiger partial charge >= 0.3 is 11.9 Å². The molecule has 0 unspecified atom stereocenters. The summed E-state index contributed by atoms with van der Waals surface area (Å²) in [5, 5.41) is 12.3. The lowest BCUT2D eigenvalue weighted by Crippen LogP contribution is -2.30. The molecular weight excluding hydrogens is 519 g/mol. The fourth-order valence-electron chi connectivity index (χ4n) is 4.78. The van der Waals surface area contributed by atoms with Crippen LogP contribution in [-0.4, -0.2) is 83.8 Å². The molecule has 0 atom stereocenters. The van der Waals surface area contributed by atoms with Gasteiger partial charge in [0, 0.05) is 25.2 Å². The number of rotatable bonds is 8. The van der Waals surface area contributed by atoms with E-state index >= 15 is 0 Å². The van der Waals surface area contributed by atoms with Gasteiger partial charge in [-0.25, -0.2) is 9.59 Å². The Morgan fingerprint density at radius 2 is 1.30 bits per heavy atom. The van der Waals surface area contributed by atoms with Gasteiger partial charge in [-0.05, 0) is 83.6 Å². The Bertz CT molecular complexity index is 1010. The zero-order valence-electron chi connectivity index (χ0n) is 21.9. The van der Waals surface area contributed by atoms with Crippen molar-refractivity contribution >= 4 is 35.1 Å². The highest BCUT2D eigenvalue weighted by atomic mass is 35.5.